The number of carbonyl (C=O) groups excluding carboxylic acids is 1. The molecule has 1 amide bonds. The van der Waals surface area contributed by atoms with Crippen LogP contribution in [0.25, 0.3) is 0 Å². The van der Waals surface area contributed by atoms with Crippen molar-refractivity contribution in [2.45, 2.75) is 76.9 Å². The van der Waals surface area contributed by atoms with Gasteiger partial charge in [-0.3, -0.25) is 10.1 Å². The Balaban J connectivity index is 1.95. The van der Waals surface area contributed by atoms with Crippen molar-refractivity contribution in [2.75, 3.05) is 5.75 Å². The van der Waals surface area contributed by atoms with Gasteiger partial charge in [0.1, 0.15) is 0 Å². The largest absolute Gasteiger partial charge is 0.323 e. The van der Waals surface area contributed by atoms with E-state index in [0.29, 0.717) is 17.9 Å². The van der Waals surface area contributed by atoms with E-state index in [-0.39, 0.29) is 12.2 Å². The molecule has 4 unspecified atom stereocenters. The monoisotopic (exact) mass is 284 g/mol. The summed E-state index contributed by atoms with van der Waals surface area (Å²) in [4.78, 5) is 14.7. The Morgan fingerprint density at radius 3 is 2.79 bits per heavy atom. The van der Waals surface area contributed by atoms with Crippen molar-refractivity contribution in [2.24, 2.45) is 5.92 Å². The lowest BCUT2D eigenvalue weighted by molar-refractivity contribution is -0.132. The van der Waals surface area contributed by atoms with Gasteiger partial charge in [0, 0.05) is 11.3 Å². The summed E-state index contributed by atoms with van der Waals surface area (Å²) in [5.41, 5.74) is 0. The normalized spacial score (nSPS) is 35.6. The molecule has 2 aliphatic rings. The highest BCUT2D eigenvalue weighted by molar-refractivity contribution is 7.99. The minimum Gasteiger partial charge on any atom is -0.323 e. The number of amides is 1. The van der Waals surface area contributed by atoms with E-state index in [2.05, 4.69) is 49.7 Å². The Labute approximate surface area is 121 Å². The summed E-state index contributed by atoms with van der Waals surface area (Å²) in [6.07, 6.45) is 4.81. The molecule has 4 heteroatoms. The van der Waals surface area contributed by atoms with Crippen LogP contribution in [0, 0.1) is 5.92 Å². The second kappa shape index (κ2) is 6.49. The second-order valence-electron chi connectivity index (χ2n) is 6.31. The second-order valence-corrected chi connectivity index (χ2v) is 7.89. The van der Waals surface area contributed by atoms with E-state index in [1.165, 1.54) is 25.0 Å². The highest BCUT2D eigenvalue weighted by atomic mass is 32.2. The number of carbonyl (C=O) groups is 1. The molecule has 0 aromatic heterocycles. The first-order valence-corrected chi connectivity index (χ1v) is 8.77. The van der Waals surface area contributed by atoms with Gasteiger partial charge in [-0.25, -0.2) is 0 Å². The van der Waals surface area contributed by atoms with Crippen molar-refractivity contribution in [3.63, 3.8) is 0 Å². The fourth-order valence-corrected chi connectivity index (χ4v) is 4.64. The van der Waals surface area contributed by atoms with Gasteiger partial charge < -0.3 is 4.90 Å². The zero-order valence-electron chi connectivity index (χ0n) is 12.7. The zero-order chi connectivity index (χ0) is 14.0. The summed E-state index contributed by atoms with van der Waals surface area (Å²) in [6, 6.07) is 0.518. The lowest BCUT2D eigenvalue weighted by Crippen LogP contribution is -2.42. The molecule has 2 fully saturated rings. The van der Waals surface area contributed by atoms with Crippen molar-refractivity contribution in [1.29, 1.82) is 0 Å². The van der Waals surface area contributed by atoms with Crippen molar-refractivity contribution < 1.29 is 4.79 Å². The van der Waals surface area contributed by atoms with Crippen LogP contribution < -0.4 is 5.32 Å². The average molecular weight is 284 g/mol. The molecule has 0 aromatic carbocycles. The number of thioether (sulfide) groups is 1. The fraction of sp³-hybridized carbons (Fsp3) is 0.933. The van der Waals surface area contributed by atoms with Crippen LogP contribution in [0.5, 0.6) is 0 Å². The van der Waals surface area contributed by atoms with Gasteiger partial charge in [0.2, 0.25) is 5.91 Å². The molecule has 110 valence electrons. The van der Waals surface area contributed by atoms with Crippen LogP contribution in [0.2, 0.25) is 0 Å². The Bertz CT molecular complexity index is 321. The van der Waals surface area contributed by atoms with Gasteiger partial charge >= 0.3 is 0 Å². The molecule has 1 aliphatic carbocycles. The topological polar surface area (TPSA) is 32.3 Å². The summed E-state index contributed by atoms with van der Waals surface area (Å²) >= 11 is 2.06. The highest BCUT2D eigenvalue weighted by Gasteiger charge is 2.42. The van der Waals surface area contributed by atoms with Crippen LogP contribution >= 0.6 is 11.8 Å². The summed E-state index contributed by atoms with van der Waals surface area (Å²) < 4.78 is 0. The van der Waals surface area contributed by atoms with E-state index in [4.69, 9.17) is 0 Å². The molecule has 0 aromatic rings. The minimum absolute atomic E-state index is 0.0490. The summed E-state index contributed by atoms with van der Waals surface area (Å²) in [6.45, 7) is 8.73. The van der Waals surface area contributed by atoms with Gasteiger partial charge in [-0.05, 0) is 44.3 Å². The molecule has 2 rings (SSSR count). The van der Waals surface area contributed by atoms with E-state index in [1.807, 2.05) is 0 Å². The maximum Gasteiger partial charge on any atom is 0.241 e. The molecule has 0 radical (unpaired) electrons. The van der Waals surface area contributed by atoms with E-state index >= 15 is 0 Å². The molecule has 1 N–H and O–H groups in total. The summed E-state index contributed by atoms with van der Waals surface area (Å²) in [5.74, 6) is 2.10. The Morgan fingerprint density at radius 1 is 1.42 bits per heavy atom. The first kappa shape index (κ1) is 15.2. The number of nitrogens with zero attached hydrogens (tertiary/aromatic N) is 1. The molecule has 0 bridgehead atoms. The van der Waals surface area contributed by atoms with E-state index in [0.717, 1.165) is 11.7 Å². The predicted octanol–water partition coefficient (Wildman–Crippen LogP) is 2.85. The smallest absolute Gasteiger partial charge is 0.241 e. The number of hydrogen-bond acceptors (Lipinski definition) is 3. The maximum atomic E-state index is 12.6. The van der Waals surface area contributed by atoms with Crippen LogP contribution in [-0.2, 0) is 4.79 Å². The lowest BCUT2D eigenvalue weighted by atomic mass is 10.0. The first-order valence-electron chi connectivity index (χ1n) is 7.72. The summed E-state index contributed by atoms with van der Waals surface area (Å²) in [5, 5.41) is 4.24. The van der Waals surface area contributed by atoms with Crippen LogP contribution in [0.15, 0.2) is 0 Å². The van der Waals surface area contributed by atoms with Crippen LogP contribution in [0.1, 0.15) is 53.4 Å². The number of nitrogens with one attached hydrogen (secondary N) is 1. The molecular weight excluding hydrogens is 256 g/mol. The molecule has 1 saturated carbocycles. The molecular formula is C15H28N2OS. The molecule has 1 saturated heterocycles. The van der Waals surface area contributed by atoms with Gasteiger partial charge in [0.25, 0.3) is 0 Å². The van der Waals surface area contributed by atoms with Crippen molar-refractivity contribution in [3.05, 3.63) is 0 Å². The lowest BCUT2D eigenvalue weighted by Gasteiger charge is -2.28. The molecule has 4 atom stereocenters. The highest BCUT2D eigenvalue weighted by Crippen LogP contribution is 2.35. The Morgan fingerprint density at radius 2 is 2.16 bits per heavy atom. The number of hydrogen-bond donors (Lipinski definition) is 1. The van der Waals surface area contributed by atoms with Crippen LogP contribution in [0.3, 0.4) is 0 Å². The third-order valence-electron chi connectivity index (χ3n) is 4.27. The third kappa shape index (κ3) is 3.46. The zero-order valence-corrected chi connectivity index (χ0v) is 13.5. The number of rotatable bonds is 5. The molecule has 3 nitrogen and oxygen atoms in total. The van der Waals surface area contributed by atoms with Gasteiger partial charge in [0.05, 0.1) is 12.2 Å². The summed E-state index contributed by atoms with van der Waals surface area (Å²) in [7, 11) is 0. The quantitative estimate of drug-likeness (QED) is 0.842. The van der Waals surface area contributed by atoms with Gasteiger partial charge in [-0.15, -0.1) is 0 Å². The van der Waals surface area contributed by atoms with Gasteiger partial charge in [-0.2, -0.15) is 11.8 Å². The Kier molecular flexibility index (Phi) is 5.18. The Hall–Kier alpha value is -0.220. The van der Waals surface area contributed by atoms with Crippen LogP contribution in [0.4, 0.5) is 0 Å². The van der Waals surface area contributed by atoms with Gasteiger partial charge in [0.15, 0.2) is 0 Å². The van der Waals surface area contributed by atoms with E-state index in [1.54, 1.807) is 0 Å². The predicted molar refractivity (Wildman–Crippen MR) is 82.2 cm³/mol. The van der Waals surface area contributed by atoms with Gasteiger partial charge in [-0.1, -0.05) is 20.8 Å². The SMILES string of the molecule is CCSC1CCC(N2C(=O)C(CC(C)C)NC2C)C1. The molecule has 1 aliphatic heterocycles. The molecule has 19 heavy (non-hydrogen) atoms. The van der Waals surface area contributed by atoms with Crippen molar-refractivity contribution >= 4 is 17.7 Å². The average Bonchev–Trinajstić information content (AvgIpc) is 2.85. The van der Waals surface area contributed by atoms with Crippen LogP contribution in [-0.4, -0.2) is 40.1 Å². The first-order chi connectivity index (χ1) is 9.02. The minimum atomic E-state index is 0.0490. The van der Waals surface area contributed by atoms with E-state index in [9.17, 15) is 4.79 Å². The van der Waals surface area contributed by atoms with Crippen molar-refractivity contribution in [3.8, 4) is 0 Å². The third-order valence-corrected chi connectivity index (χ3v) is 5.50. The standard InChI is InChI=1S/C15H28N2OS/c1-5-19-13-7-6-12(9-13)17-11(4)16-14(15(17)18)8-10(2)3/h10-14,16H,5-9H2,1-4H3. The molecule has 1 heterocycles. The molecule has 0 spiro atoms. The van der Waals surface area contributed by atoms with Crippen molar-refractivity contribution in [1.82, 2.24) is 10.2 Å². The van der Waals surface area contributed by atoms with E-state index < -0.39 is 0 Å². The maximum absolute atomic E-state index is 12.6. The fourth-order valence-electron chi connectivity index (χ4n) is 3.51.